The number of hydrogen-bond donors (Lipinski definition) is 0. The van der Waals surface area contributed by atoms with Crippen molar-refractivity contribution in [2.24, 2.45) is 0 Å². The molecule has 0 spiro atoms. The number of rotatable bonds is 6. The molecule has 0 fully saturated rings. The Balaban J connectivity index is 1.56. The fraction of sp³-hybridized carbons (Fsp3) is 0.154. The van der Waals surface area contributed by atoms with Gasteiger partial charge in [-0.2, -0.15) is 0 Å². The van der Waals surface area contributed by atoms with Gasteiger partial charge in [-0.1, -0.05) is 30.3 Å². The minimum atomic E-state index is -1.02. The number of para-hydroxylation sites is 1. The summed E-state index contributed by atoms with van der Waals surface area (Å²) in [5.74, 6) is -1.38. The summed E-state index contributed by atoms with van der Waals surface area (Å²) in [6.07, 6.45) is 2.28. The molecule has 2 aromatic heterocycles. The number of carbonyl (C=O) groups is 2. The monoisotopic (exact) mass is 443 g/mol. The quantitative estimate of drug-likeness (QED) is 0.406. The third kappa shape index (κ3) is 5.03. The summed E-state index contributed by atoms with van der Waals surface area (Å²) in [7, 11) is 1.58. The van der Waals surface area contributed by atoms with Gasteiger partial charge >= 0.3 is 5.97 Å². The van der Waals surface area contributed by atoms with Crippen molar-refractivity contribution < 1.29 is 18.7 Å². The van der Waals surface area contributed by atoms with Gasteiger partial charge in [-0.25, -0.2) is 14.2 Å². The van der Waals surface area contributed by atoms with Gasteiger partial charge in [-0.15, -0.1) is 0 Å². The number of hydrogen-bond acceptors (Lipinski definition) is 5. The Labute approximate surface area is 190 Å². The van der Waals surface area contributed by atoms with Crippen LogP contribution in [0.1, 0.15) is 22.8 Å². The van der Waals surface area contributed by atoms with E-state index in [1.165, 1.54) is 24.0 Å². The molecule has 0 N–H and O–H groups in total. The van der Waals surface area contributed by atoms with Crippen LogP contribution in [-0.2, 0) is 16.1 Å². The first-order chi connectivity index (χ1) is 15.9. The van der Waals surface area contributed by atoms with E-state index in [2.05, 4.69) is 9.97 Å². The smallest absolute Gasteiger partial charge is 0.339 e. The Morgan fingerprint density at radius 2 is 1.79 bits per heavy atom. The maximum absolute atomic E-state index is 13.4. The second-order valence-electron chi connectivity index (χ2n) is 7.68. The van der Waals surface area contributed by atoms with Gasteiger partial charge in [0.05, 0.1) is 16.8 Å². The molecule has 0 saturated heterocycles. The molecule has 2 heterocycles. The molecular weight excluding hydrogens is 421 g/mol. The van der Waals surface area contributed by atoms with Gasteiger partial charge in [0.15, 0.2) is 6.10 Å². The highest BCUT2D eigenvalue weighted by Crippen LogP contribution is 2.25. The largest absolute Gasteiger partial charge is 0.449 e. The zero-order valence-electron chi connectivity index (χ0n) is 18.2. The topological polar surface area (TPSA) is 72.4 Å². The van der Waals surface area contributed by atoms with Crippen LogP contribution in [-0.4, -0.2) is 39.9 Å². The van der Waals surface area contributed by atoms with Crippen molar-refractivity contribution >= 4 is 22.8 Å². The van der Waals surface area contributed by atoms with Crippen molar-refractivity contribution in [1.29, 1.82) is 0 Å². The van der Waals surface area contributed by atoms with Crippen LogP contribution in [0.2, 0.25) is 0 Å². The number of nitrogens with zero attached hydrogens (tertiary/aromatic N) is 3. The Bertz CT molecular complexity index is 1310. The molecule has 0 aliphatic carbocycles. The number of aromatic nitrogens is 2. The van der Waals surface area contributed by atoms with Crippen molar-refractivity contribution in [2.75, 3.05) is 7.05 Å². The molecule has 0 aliphatic heterocycles. The van der Waals surface area contributed by atoms with Gasteiger partial charge < -0.3 is 9.64 Å². The van der Waals surface area contributed by atoms with E-state index in [-0.39, 0.29) is 18.3 Å². The molecule has 0 saturated carbocycles. The van der Waals surface area contributed by atoms with Crippen LogP contribution in [0.15, 0.2) is 79.1 Å². The molecule has 4 rings (SSSR count). The Morgan fingerprint density at radius 3 is 2.55 bits per heavy atom. The first-order valence-electron chi connectivity index (χ1n) is 10.4. The number of pyridine rings is 2. The van der Waals surface area contributed by atoms with Crippen LogP contribution in [0.25, 0.3) is 22.2 Å². The highest BCUT2D eigenvalue weighted by Gasteiger charge is 2.24. The van der Waals surface area contributed by atoms with E-state index in [0.717, 1.165) is 5.56 Å². The van der Waals surface area contributed by atoms with E-state index in [0.29, 0.717) is 27.7 Å². The van der Waals surface area contributed by atoms with Crippen LogP contribution in [0.3, 0.4) is 0 Å². The maximum Gasteiger partial charge on any atom is 0.339 e. The lowest BCUT2D eigenvalue weighted by atomic mass is 10.0. The van der Waals surface area contributed by atoms with E-state index >= 15 is 0 Å². The van der Waals surface area contributed by atoms with Crippen LogP contribution in [0.5, 0.6) is 0 Å². The average molecular weight is 443 g/mol. The van der Waals surface area contributed by atoms with Gasteiger partial charge in [0.2, 0.25) is 0 Å². The summed E-state index contributed by atoms with van der Waals surface area (Å²) >= 11 is 0. The summed E-state index contributed by atoms with van der Waals surface area (Å²) in [6.45, 7) is 1.72. The molecule has 0 radical (unpaired) electrons. The predicted octanol–water partition coefficient (Wildman–Crippen LogP) is 4.64. The molecule has 166 valence electrons. The standard InChI is InChI=1S/C26H22FN3O3/c1-17(25(31)30(2)16-18-6-5-7-20(27)14-18)33-26(32)22-15-24(19-10-12-28-13-11-19)29-23-9-4-3-8-21(22)23/h3-15,17H,16H2,1-2H3. The Hall–Kier alpha value is -4.13. The lowest BCUT2D eigenvalue weighted by Crippen LogP contribution is -2.37. The molecule has 1 unspecified atom stereocenters. The molecular formula is C26H22FN3O3. The number of benzene rings is 2. The first-order valence-corrected chi connectivity index (χ1v) is 10.4. The first kappa shape index (κ1) is 22.1. The normalized spacial score (nSPS) is 11.7. The lowest BCUT2D eigenvalue weighted by Gasteiger charge is -2.22. The van der Waals surface area contributed by atoms with Crippen molar-refractivity contribution in [3.63, 3.8) is 0 Å². The van der Waals surface area contributed by atoms with Crippen molar-refractivity contribution in [3.8, 4) is 11.3 Å². The number of carbonyl (C=O) groups excluding carboxylic acids is 2. The summed E-state index contributed by atoms with van der Waals surface area (Å²) in [6, 6.07) is 18.6. The number of esters is 1. The molecule has 7 heteroatoms. The zero-order chi connectivity index (χ0) is 23.4. The van der Waals surface area contributed by atoms with Crippen molar-refractivity contribution in [3.05, 3.63) is 96.1 Å². The summed E-state index contributed by atoms with van der Waals surface area (Å²) < 4.78 is 19.0. The fourth-order valence-electron chi connectivity index (χ4n) is 3.59. The third-order valence-electron chi connectivity index (χ3n) is 5.23. The maximum atomic E-state index is 13.4. The third-order valence-corrected chi connectivity index (χ3v) is 5.23. The summed E-state index contributed by atoms with van der Waals surface area (Å²) in [4.78, 5) is 36.0. The molecule has 4 aromatic rings. The number of fused-ring (bicyclic) bond motifs is 1. The van der Waals surface area contributed by atoms with Gasteiger partial charge in [-0.3, -0.25) is 9.78 Å². The van der Waals surface area contributed by atoms with Gasteiger partial charge in [-0.05, 0) is 48.9 Å². The molecule has 1 amide bonds. The summed E-state index contributed by atoms with van der Waals surface area (Å²) in [5.41, 5.74) is 3.02. The molecule has 0 aliphatic rings. The highest BCUT2D eigenvalue weighted by molar-refractivity contribution is 6.05. The van der Waals surface area contributed by atoms with Gasteiger partial charge in [0.25, 0.3) is 5.91 Å². The minimum absolute atomic E-state index is 0.197. The van der Waals surface area contributed by atoms with Crippen LogP contribution >= 0.6 is 0 Å². The number of likely N-dealkylation sites (N-methyl/N-ethyl adjacent to an activating group) is 1. The fourth-order valence-corrected chi connectivity index (χ4v) is 3.59. The van der Waals surface area contributed by atoms with Crippen LogP contribution in [0.4, 0.5) is 4.39 Å². The second kappa shape index (κ2) is 9.56. The van der Waals surface area contributed by atoms with E-state index in [4.69, 9.17) is 4.74 Å². The SMILES string of the molecule is CC(OC(=O)c1cc(-c2ccncc2)nc2ccccc12)C(=O)N(C)Cc1cccc(F)c1. The van der Waals surface area contributed by atoms with Gasteiger partial charge in [0, 0.05) is 36.9 Å². The zero-order valence-corrected chi connectivity index (χ0v) is 18.2. The number of amides is 1. The molecule has 2 aromatic carbocycles. The van der Waals surface area contributed by atoms with E-state index in [1.807, 2.05) is 18.2 Å². The molecule has 33 heavy (non-hydrogen) atoms. The number of ether oxygens (including phenoxy) is 1. The predicted molar refractivity (Wildman–Crippen MR) is 123 cm³/mol. The molecule has 1 atom stereocenters. The van der Waals surface area contributed by atoms with Gasteiger partial charge in [0.1, 0.15) is 5.82 Å². The van der Waals surface area contributed by atoms with E-state index in [1.54, 1.807) is 55.8 Å². The van der Waals surface area contributed by atoms with E-state index < -0.39 is 12.1 Å². The highest BCUT2D eigenvalue weighted by atomic mass is 19.1. The second-order valence-corrected chi connectivity index (χ2v) is 7.68. The Kier molecular flexibility index (Phi) is 6.40. The van der Waals surface area contributed by atoms with Crippen LogP contribution < -0.4 is 0 Å². The summed E-state index contributed by atoms with van der Waals surface area (Å²) in [5, 5.41) is 0.632. The molecule has 6 nitrogen and oxygen atoms in total. The average Bonchev–Trinajstić information content (AvgIpc) is 2.83. The van der Waals surface area contributed by atoms with Crippen molar-refractivity contribution in [1.82, 2.24) is 14.9 Å². The Morgan fingerprint density at radius 1 is 1.03 bits per heavy atom. The van der Waals surface area contributed by atoms with Crippen LogP contribution in [0, 0.1) is 5.82 Å². The van der Waals surface area contributed by atoms with Crippen molar-refractivity contribution in [2.45, 2.75) is 19.6 Å². The number of halogens is 1. The molecule has 0 bridgehead atoms. The lowest BCUT2D eigenvalue weighted by molar-refractivity contribution is -0.139. The minimum Gasteiger partial charge on any atom is -0.449 e. The van der Waals surface area contributed by atoms with E-state index in [9.17, 15) is 14.0 Å².